The fraction of sp³-hybridized carbons (Fsp3) is 0.292. The molecule has 8 heteroatoms. The number of para-hydroxylation sites is 1. The number of rotatable bonds is 8. The van der Waals surface area contributed by atoms with Crippen LogP contribution in [0.15, 0.2) is 59.4 Å². The maximum atomic E-state index is 12.9. The number of carbonyl (C=O) groups is 1. The molecule has 1 amide bonds. The summed E-state index contributed by atoms with van der Waals surface area (Å²) in [6.45, 7) is 4.79. The molecule has 0 saturated heterocycles. The van der Waals surface area contributed by atoms with Gasteiger partial charge >= 0.3 is 0 Å². The molecule has 0 spiro atoms. The third-order valence-electron chi connectivity index (χ3n) is 4.96. The van der Waals surface area contributed by atoms with E-state index in [2.05, 4.69) is 10.4 Å². The molecule has 3 aromatic rings. The molecule has 2 heterocycles. The largest absolute Gasteiger partial charge is 0.492 e. The third kappa shape index (κ3) is 4.91. The fourth-order valence-electron chi connectivity index (χ4n) is 3.50. The smallest absolute Gasteiger partial charge is 0.276 e. The average molecular weight is 435 g/mol. The van der Waals surface area contributed by atoms with E-state index in [0.29, 0.717) is 23.8 Å². The van der Waals surface area contributed by atoms with Gasteiger partial charge in [-0.25, -0.2) is 4.68 Å². The Morgan fingerprint density at radius 2 is 2.00 bits per heavy atom. The van der Waals surface area contributed by atoms with Crippen LogP contribution in [0.2, 0.25) is 0 Å². The van der Waals surface area contributed by atoms with Crippen molar-refractivity contribution in [3.63, 3.8) is 0 Å². The molecule has 1 aromatic heterocycles. The molecule has 0 saturated carbocycles. The molecule has 0 radical (unpaired) electrons. The Hall–Kier alpha value is -3.81. The van der Waals surface area contributed by atoms with Gasteiger partial charge in [-0.3, -0.25) is 9.59 Å². The third-order valence-corrected chi connectivity index (χ3v) is 4.96. The Bertz CT molecular complexity index is 1160. The second-order valence-electron chi connectivity index (χ2n) is 7.42. The van der Waals surface area contributed by atoms with Gasteiger partial charge in [-0.2, -0.15) is 5.10 Å². The van der Waals surface area contributed by atoms with E-state index >= 15 is 0 Å². The molecule has 1 aliphatic heterocycles. The van der Waals surface area contributed by atoms with E-state index in [4.69, 9.17) is 14.2 Å². The molecule has 32 heavy (non-hydrogen) atoms. The SMILES string of the molecule is CCOc1cc2c(cc1NC(=O)c1ccc(=O)n(CCOc3ccccc3)n1)O[C@@H](C)C2. The number of ether oxygens (including phenoxy) is 3. The van der Waals surface area contributed by atoms with Crippen LogP contribution in [0.25, 0.3) is 0 Å². The highest BCUT2D eigenvalue weighted by atomic mass is 16.5. The second-order valence-corrected chi connectivity index (χ2v) is 7.42. The van der Waals surface area contributed by atoms with Crippen LogP contribution in [0.1, 0.15) is 29.9 Å². The molecule has 4 rings (SSSR count). The summed E-state index contributed by atoms with van der Waals surface area (Å²) < 4.78 is 18.4. The van der Waals surface area contributed by atoms with E-state index in [0.717, 1.165) is 17.7 Å². The van der Waals surface area contributed by atoms with Gasteiger partial charge in [-0.1, -0.05) is 18.2 Å². The van der Waals surface area contributed by atoms with Crippen LogP contribution in [-0.2, 0) is 13.0 Å². The first-order valence-electron chi connectivity index (χ1n) is 10.6. The molecule has 0 aliphatic carbocycles. The van der Waals surface area contributed by atoms with Crippen molar-refractivity contribution >= 4 is 11.6 Å². The zero-order valence-electron chi connectivity index (χ0n) is 18.0. The number of hydrogen-bond donors (Lipinski definition) is 1. The molecule has 0 fully saturated rings. The highest BCUT2D eigenvalue weighted by molar-refractivity contribution is 6.03. The van der Waals surface area contributed by atoms with E-state index in [1.807, 2.05) is 50.2 Å². The van der Waals surface area contributed by atoms with E-state index < -0.39 is 5.91 Å². The number of nitrogens with one attached hydrogen (secondary N) is 1. The highest BCUT2D eigenvalue weighted by Gasteiger charge is 2.23. The van der Waals surface area contributed by atoms with Gasteiger partial charge in [0.15, 0.2) is 0 Å². The topological polar surface area (TPSA) is 91.7 Å². The summed E-state index contributed by atoms with van der Waals surface area (Å²) >= 11 is 0. The zero-order chi connectivity index (χ0) is 22.5. The molecule has 2 aromatic carbocycles. The number of aromatic nitrogens is 2. The summed E-state index contributed by atoms with van der Waals surface area (Å²) in [7, 11) is 0. The minimum atomic E-state index is -0.449. The van der Waals surface area contributed by atoms with Crippen LogP contribution in [-0.4, -0.2) is 35.0 Å². The van der Waals surface area contributed by atoms with Crippen LogP contribution in [0.4, 0.5) is 5.69 Å². The van der Waals surface area contributed by atoms with E-state index in [1.54, 1.807) is 6.07 Å². The van der Waals surface area contributed by atoms with Gasteiger partial charge in [-0.15, -0.1) is 0 Å². The number of amides is 1. The van der Waals surface area contributed by atoms with E-state index in [-0.39, 0.29) is 30.5 Å². The Morgan fingerprint density at radius 3 is 2.78 bits per heavy atom. The van der Waals surface area contributed by atoms with Crippen molar-refractivity contribution < 1.29 is 19.0 Å². The number of carbonyl (C=O) groups excluding carboxylic acids is 1. The number of hydrogen-bond acceptors (Lipinski definition) is 6. The second kappa shape index (κ2) is 9.55. The molecule has 1 atom stereocenters. The molecule has 0 unspecified atom stereocenters. The lowest BCUT2D eigenvalue weighted by molar-refractivity contribution is 0.101. The Labute approximate surface area is 185 Å². The fourth-order valence-corrected chi connectivity index (χ4v) is 3.50. The van der Waals surface area contributed by atoms with E-state index in [9.17, 15) is 9.59 Å². The molecule has 166 valence electrons. The van der Waals surface area contributed by atoms with Crippen LogP contribution in [0.5, 0.6) is 17.2 Å². The first kappa shape index (κ1) is 21.4. The van der Waals surface area contributed by atoms with Gasteiger partial charge in [0, 0.05) is 24.1 Å². The number of benzene rings is 2. The Kier molecular flexibility index (Phi) is 6.39. The van der Waals surface area contributed by atoms with Crippen molar-refractivity contribution in [1.82, 2.24) is 9.78 Å². The summed E-state index contributed by atoms with van der Waals surface area (Å²) in [5.74, 6) is 1.55. The van der Waals surface area contributed by atoms with Crippen molar-refractivity contribution in [3.8, 4) is 17.2 Å². The summed E-state index contributed by atoms with van der Waals surface area (Å²) in [6.07, 6.45) is 0.870. The lowest BCUT2D eigenvalue weighted by Gasteiger charge is -2.14. The molecule has 1 N–H and O–H groups in total. The van der Waals surface area contributed by atoms with Crippen LogP contribution >= 0.6 is 0 Å². The maximum Gasteiger partial charge on any atom is 0.276 e. The standard InChI is InChI=1S/C24H25N3O5/c1-3-30-22-14-17-13-16(2)32-21(17)15-20(22)25-24(29)19-9-10-23(28)27(26-19)11-12-31-18-7-5-4-6-8-18/h4-10,14-16H,3,11-13H2,1-2H3,(H,25,29)/t16-/m0/s1. The van der Waals surface area contributed by atoms with Crippen LogP contribution in [0, 0.1) is 0 Å². The minimum absolute atomic E-state index is 0.0776. The lowest BCUT2D eigenvalue weighted by Crippen LogP contribution is -2.28. The molecular weight excluding hydrogens is 410 g/mol. The predicted octanol–water partition coefficient (Wildman–Crippen LogP) is 3.30. The average Bonchev–Trinajstić information content (AvgIpc) is 3.15. The molecule has 0 bridgehead atoms. The van der Waals surface area contributed by atoms with Gasteiger partial charge in [0.25, 0.3) is 11.5 Å². The van der Waals surface area contributed by atoms with Crippen molar-refractivity contribution in [2.45, 2.75) is 32.9 Å². The quantitative estimate of drug-likeness (QED) is 0.584. The Morgan fingerprint density at radius 1 is 1.19 bits per heavy atom. The predicted molar refractivity (Wildman–Crippen MR) is 120 cm³/mol. The molecular formula is C24H25N3O5. The van der Waals surface area contributed by atoms with Gasteiger partial charge in [0.1, 0.15) is 35.7 Å². The van der Waals surface area contributed by atoms with Crippen molar-refractivity contribution in [3.05, 3.63) is 76.2 Å². The lowest BCUT2D eigenvalue weighted by atomic mass is 10.1. The monoisotopic (exact) mass is 435 g/mol. The Balaban J connectivity index is 1.48. The van der Waals surface area contributed by atoms with Gasteiger partial charge in [0.05, 0.1) is 18.8 Å². The van der Waals surface area contributed by atoms with Crippen molar-refractivity contribution in [2.24, 2.45) is 0 Å². The number of nitrogens with zero attached hydrogens (tertiary/aromatic N) is 2. The van der Waals surface area contributed by atoms with Gasteiger partial charge in [0.2, 0.25) is 0 Å². The number of anilines is 1. The van der Waals surface area contributed by atoms with Crippen molar-refractivity contribution in [2.75, 3.05) is 18.5 Å². The molecule has 1 aliphatic rings. The summed E-state index contributed by atoms with van der Waals surface area (Å²) in [6, 6.07) is 15.7. The highest BCUT2D eigenvalue weighted by Crippen LogP contribution is 2.38. The summed E-state index contributed by atoms with van der Waals surface area (Å²) in [5, 5.41) is 7.03. The summed E-state index contributed by atoms with van der Waals surface area (Å²) in [5.41, 5.74) is 1.34. The maximum absolute atomic E-state index is 12.9. The first-order valence-corrected chi connectivity index (χ1v) is 10.6. The van der Waals surface area contributed by atoms with Gasteiger partial charge < -0.3 is 19.5 Å². The van der Waals surface area contributed by atoms with Crippen molar-refractivity contribution in [1.29, 1.82) is 0 Å². The minimum Gasteiger partial charge on any atom is -0.492 e. The first-order chi connectivity index (χ1) is 15.5. The summed E-state index contributed by atoms with van der Waals surface area (Å²) in [4.78, 5) is 25.0. The van der Waals surface area contributed by atoms with E-state index in [1.165, 1.54) is 16.8 Å². The zero-order valence-corrected chi connectivity index (χ0v) is 18.0. The number of fused-ring (bicyclic) bond motifs is 1. The van der Waals surface area contributed by atoms with Gasteiger partial charge in [-0.05, 0) is 38.1 Å². The van der Waals surface area contributed by atoms with Crippen LogP contribution < -0.4 is 25.1 Å². The molecule has 8 nitrogen and oxygen atoms in total. The van der Waals surface area contributed by atoms with Crippen LogP contribution in [0.3, 0.4) is 0 Å². The normalized spacial score (nSPS) is 14.4.